The first kappa shape index (κ1) is 12.3. The monoisotopic (exact) mass is 258 g/mol. The number of nitrogens with zero attached hydrogens (tertiary/aromatic N) is 3. The average molecular weight is 258 g/mol. The molecule has 0 radical (unpaired) electrons. The predicted molar refractivity (Wildman–Crippen MR) is 71.8 cm³/mol. The number of pyridine rings is 1. The van der Waals surface area contributed by atoms with Gasteiger partial charge in [0.2, 0.25) is 11.7 Å². The van der Waals surface area contributed by atoms with E-state index < -0.39 is 0 Å². The fourth-order valence-corrected chi connectivity index (χ4v) is 2.51. The van der Waals surface area contributed by atoms with Gasteiger partial charge >= 0.3 is 0 Å². The molecule has 0 amide bonds. The third-order valence-corrected chi connectivity index (χ3v) is 3.66. The topological polar surface area (TPSA) is 63.8 Å². The van der Waals surface area contributed by atoms with E-state index in [0.29, 0.717) is 11.7 Å². The van der Waals surface area contributed by atoms with E-state index in [1.807, 2.05) is 12.3 Å². The SMILES string of the molecule is CCc1cnccc1-c1noc(C2CCNCC2)n1. The Morgan fingerprint density at radius 3 is 3.00 bits per heavy atom. The number of aryl methyl sites for hydroxylation is 1. The molecule has 19 heavy (non-hydrogen) atoms. The number of rotatable bonds is 3. The molecule has 2 aromatic rings. The van der Waals surface area contributed by atoms with Crippen molar-refractivity contribution >= 4 is 0 Å². The molecule has 0 bridgehead atoms. The third-order valence-electron chi connectivity index (χ3n) is 3.66. The molecule has 1 fully saturated rings. The Balaban J connectivity index is 1.88. The summed E-state index contributed by atoms with van der Waals surface area (Å²) in [6.45, 7) is 4.16. The third kappa shape index (κ3) is 2.51. The molecule has 3 rings (SSSR count). The molecule has 1 N–H and O–H groups in total. The van der Waals surface area contributed by atoms with Gasteiger partial charge in [-0.15, -0.1) is 0 Å². The zero-order valence-corrected chi connectivity index (χ0v) is 11.1. The van der Waals surface area contributed by atoms with Crippen LogP contribution in [0, 0.1) is 0 Å². The Kier molecular flexibility index (Phi) is 3.55. The lowest BCUT2D eigenvalue weighted by Gasteiger charge is -2.18. The van der Waals surface area contributed by atoms with Crippen molar-refractivity contribution in [1.29, 1.82) is 0 Å². The van der Waals surface area contributed by atoms with Crippen LogP contribution in [-0.2, 0) is 6.42 Å². The Bertz CT molecular complexity index is 546. The molecule has 0 saturated carbocycles. The molecule has 0 atom stereocenters. The zero-order valence-electron chi connectivity index (χ0n) is 11.1. The van der Waals surface area contributed by atoms with Gasteiger partial charge in [0.15, 0.2) is 0 Å². The highest BCUT2D eigenvalue weighted by molar-refractivity contribution is 5.58. The van der Waals surface area contributed by atoms with Gasteiger partial charge in [-0.3, -0.25) is 4.98 Å². The highest BCUT2D eigenvalue weighted by Gasteiger charge is 2.22. The van der Waals surface area contributed by atoms with Gasteiger partial charge in [-0.05, 0) is 44.0 Å². The average Bonchev–Trinajstić information content (AvgIpc) is 2.98. The van der Waals surface area contributed by atoms with Crippen molar-refractivity contribution in [2.75, 3.05) is 13.1 Å². The first-order valence-electron chi connectivity index (χ1n) is 6.86. The van der Waals surface area contributed by atoms with E-state index in [1.165, 1.54) is 0 Å². The largest absolute Gasteiger partial charge is 0.339 e. The number of nitrogens with one attached hydrogen (secondary N) is 1. The van der Waals surface area contributed by atoms with Crippen LogP contribution in [0.5, 0.6) is 0 Å². The highest BCUT2D eigenvalue weighted by Crippen LogP contribution is 2.27. The molecule has 2 aromatic heterocycles. The van der Waals surface area contributed by atoms with Gasteiger partial charge in [-0.2, -0.15) is 4.98 Å². The Hall–Kier alpha value is -1.75. The summed E-state index contributed by atoms with van der Waals surface area (Å²) in [6, 6.07) is 1.95. The summed E-state index contributed by atoms with van der Waals surface area (Å²) in [5.41, 5.74) is 2.18. The second-order valence-corrected chi connectivity index (χ2v) is 4.87. The van der Waals surface area contributed by atoms with Crippen LogP contribution in [0.1, 0.15) is 37.1 Å². The summed E-state index contributed by atoms with van der Waals surface area (Å²) in [5.74, 6) is 1.86. The number of hydrogen-bond donors (Lipinski definition) is 1. The van der Waals surface area contributed by atoms with Crippen LogP contribution < -0.4 is 5.32 Å². The van der Waals surface area contributed by atoms with Crippen LogP contribution in [0.2, 0.25) is 0 Å². The normalized spacial score (nSPS) is 16.7. The van der Waals surface area contributed by atoms with Gasteiger partial charge in [0.05, 0.1) is 0 Å². The molecular formula is C14H18N4O. The molecule has 5 heteroatoms. The van der Waals surface area contributed by atoms with Crippen LogP contribution in [0.15, 0.2) is 23.0 Å². The molecule has 100 valence electrons. The van der Waals surface area contributed by atoms with Crippen LogP contribution in [0.3, 0.4) is 0 Å². The molecular weight excluding hydrogens is 240 g/mol. The molecule has 3 heterocycles. The van der Waals surface area contributed by atoms with E-state index in [4.69, 9.17) is 4.52 Å². The summed E-state index contributed by atoms with van der Waals surface area (Å²) < 4.78 is 5.45. The smallest absolute Gasteiger partial charge is 0.230 e. The van der Waals surface area contributed by atoms with Crippen molar-refractivity contribution in [1.82, 2.24) is 20.4 Å². The molecule has 1 saturated heterocycles. The Morgan fingerprint density at radius 2 is 2.21 bits per heavy atom. The van der Waals surface area contributed by atoms with E-state index in [9.17, 15) is 0 Å². The maximum absolute atomic E-state index is 5.45. The van der Waals surface area contributed by atoms with Crippen molar-refractivity contribution in [3.63, 3.8) is 0 Å². The second kappa shape index (κ2) is 5.48. The zero-order chi connectivity index (χ0) is 13.1. The molecule has 5 nitrogen and oxygen atoms in total. The Morgan fingerprint density at radius 1 is 1.37 bits per heavy atom. The molecule has 1 aliphatic heterocycles. The van der Waals surface area contributed by atoms with Crippen molar-refractivity contribution < 1.29 is 4.52 Å². The summed E-state index contributed by atoms with van der Waals surface area (Å²) in [4.78, 5) is 8.72. The quantitative estimate of drug-likeness (QED) is 0.914. The van der Waals surface area contributed by atoms with E-state index >= 15 is 0 Å². The highest BCUT2D eigenvalue weighted by atomic mass is 16.5. The van der Waals surface area contributed by atoms with Crippen molar-refractivity contribution in [2.45, 2.75) is 32.1 Å². The summed E-state index contributed by atoms with van der Waals surface area (Å²) in [6.07, 6.45) is 6.70. The van der Waals surface area contributed by atoms with Crippen LogP contribution >= 0.6 is 0 Å². The lowest BCUT2D eigenvalue weighted by atomic mass is 9.98. The lowest BCUT2D eigenvalue weighted by molar-refractivity contribution is 0.320. The summed E-state index contributed by atoms with van der Waals surface area (Å²) in [7, 11) is 0. The summed E-state index contributed by atoms with van der Waals surface area (Å²) in [5, 5.41) is 7.48. The lowest BCUT2D eigenvalue weighted by Crippen LogP contribution is -2.26. The van der Waals surface area contributed by atoms with Gasteiger partial charge in [-0.1, -0.05) is 12.1 Å². The van der Waals surface area contributed by atoms with Crippen molar-refractivity contribution in [2.24, 2.45) is 0 Å². The standard InChI is InChI=1S/C14H18N4O/c1-2-10-9-16-8-5-12(10)13-17-14(19-18-13)11-3-6-15-7-4-11/h5,8-9,11,15H,2-4,6-7H2,1H3. The van der Waals surface area contributed by atoms with Crippen molar-refractivity contribution in [3.8, 4) is 11.4 Å². The maximum Gasteiger partial charge on any atom is 0.230 e. The van der Waals surface area contributed by atoms with Crippen LogP contribution in [0.25, 0.3) is 11.4 Å². The van der Waals surface area contributed by atoms with Crippen LogP contribution in [-0.4, -0.2) is 28.2 Å². The van der Waals surface area contributed by atoms with Gasteiger partial charge in [0.1, 0.15) is 0 Å². The minimum atomic E-state index is 0.398. The van der Waals surface area contributed by atoms with Crippen LogP contribution in [0.4, 0.5) is 0 Å². The maximum atomic E-state index is 5.45. The Labute approximate surface area is 112 Å². The number of aromatic nitrogens is 3. The fraction of sp³-hybridized carbons (Fsp3) is 0.500. The van der Waals surface area contributed by atoms with E-state index in [1.54, 1.807) is 6.20 Å². The van der Waals surface area contributed by atoms with E-state index in [-0.39, 0.29) is 0 Å². The molecule has 0 unspecified atom stereocenters. The predicted octanol–water partition coefficient (Wildman–Crippen LogP) is 2.16. The minimum Gasteiger partial charge on any atom is -0.339 e. The number of piperidine rings is 1. The van der Waals surface area contributed by atoms with Gasteiger partial charge in [-0.25, -0.2) is 0 Å². The van der Waals surface area contributed by atoms with Crippen molar-refractivity contribution in [3.05, 3.63) is 29.9 Å². The number of hydrogen-bond acceptors (Lipinski definition) is 5. The fourth-order valence-electron chi connectivity index (χ4n) is 2.51. The molecule has 0 aromatic carbocycles. The van der Waals surface area contributed by atoms with Gasteiger partial charge < -0.3 is 9.84 Å². The van der Waals surface area contributed by atoms with E-state index in [2.05, 4.69) is 27.4 Å². The van der Waals surface area contributed by atoms with E-state index in [0.717, 1.165) is 49.4 Å². The minimum absolute atomic E-state index is 0.398. The molecule has 0 spiro atoms. The van der Waals surface area contributed by atoms with Gasteiger partial charge in [0, 0.05) is 23.9 Å². The summed E-state index contributed by atoms with van der Waals surface area (Å²) >= 11 is 0. The van der Waals surface area contributed by atoms with Gasteiger partial charge in [0.25, 0.3) is 0 Å². The molecule has 0 aliphatic carbocycles. The first-order chi connectivity index (χ1) is 9.38. The second-order valence-electron chi connectivity index (χ2n) is 4.87. The first-order valence-corrected chi connectivity index (χ1v) is 6.86. The molecule has 1 aliphatic rings.